The van der Waals surface area contributed by atoms with Crippen LogP contribution in [-0.2, 0) is 0 Å². The van der Waals surface area contributed by atoms with Gasteiger partial charge in [0.25, 0.3) is 0 Å². The van der Waals surface area contributed by atoms with Crippen molar-refractivity contribution >= 4 is 0 Å². The lowest BCUT2D eigenvalue weighted by Gasteiger charge is -2.21. The number of hydrogen-bond donors (Lipinski definition) is 1. The summed E-state index contributed by atoms with van der Waals surface area (Å²) < 4.78 is 0. The number of aromatic nitrogens is 1. The van der Waals surface area contributed by atoms with E-state index in [1.54, 1.807) is 0 Å². The molecule has 0 bridgehead atoms. The van der Waals surface area contributed by atoms with Crippen molar-refractivity contribution in [2.75, 3.05) is 6.54 Å². The molecule has 1 aromatic rings. The molecule has 72 valence electrons. The highest BCUT2D eigenvalue weighted by Crippen LogP contribution is 2.19. The van der Waals surface area contributed by atoms with Crippen molar-refractivity contribution in [2.45, 2.75) is 26.8 Å². The Morgan fingerprint density at radius 3 is 2.69 bits per heavy atom. The van der Waals surface area contributed by atoms with E-state index in [1.807, 2.05) is 18.5 Å². The third-order valence-corrected chi connectivity index (χ3v) is 2.13. The Morgan fingerprint density at radius 2 is 2.23 bits per heavy atom. The zero-order valence-corrected chi connectivity index (χ0v) is 8.62. The average molecular weight is 178 g/mol. The Morgan fingerprint density at radius 1 is 1.46 bits per heavy atom. The van der Waals surface area contributed by atoms with E-state index in [2.05, 4.69) is 37.1 Å². The number of nitrogens with one attached hydrogen (secondary N) is 1. The molecule has 13 heavy (non-hydrogen) atoms. The summed E-state index contributed by atoms with van der Waals surface area (Å²) in [5.41, 5.74) is 1.28. The summed E-state index contributed by atoms with van der Waals surface area (Å²) in [6, 6.07) is 4.54. The first-order valence-electron chi connectivity index (χ1n) is 4.89. The van der Waals surface area contributed by atoms with Crippen LogP contribution >= 0.6 is 0 Å². The minimum atomic E-state index is 0.429. The molecule has 1 heterocycles. The van der Waals surface area contributed by atoms with Crippen LogP contribution in [0.15, 0.2) is 24.5 Å². The zero-order chi connectivity index (χ0) is 9.68. The Balaban J connectivity index is 2.76. The number of hydrogen-bond acceptors (Lipinski definition) is 2. The van der Waals surface area contributed by atoms with E-state index in [0.29, 0.717) is 12.0 Å². The Hall–Kier alpha value is -0.890. The van der Waals surface area contributed by atoms with Crippen molar-refractivity contribution in [2.24, 2.45) is 5.92 Å². The normalized spacial score (nSPS) is 13.2. The average Bonchev–Trinajstić information content (AvgIpc) is 2.15. The van der Waals surface area contributed by atoms with Crippen LogP contribution in [0.1, 0.15) is 32.4 Å². The monoisotopic (exact) mass is 178 g/mol. The van der Waals surface area contributed by atoms with Crippen molar-refractivity contribution in [3.8, 4) is 0 Å². The van der Waals surface area contributed by atoms with Crippen molar-refractivity contribution in [1.29, 1.82) is 0 Å². The highest BCUT2D eigenvalue weighted by Gasteiger charge is 2.13. The molecule has 1 atom stereocenters. The van der Waals surface area contributed by atoms with E-state index in [9.17, 15) is 0 Å². The van der Waals surface area contributed by atoms with Gasteiger partial charge < -0.3 is 5.32 Å². The molecular weight excluding hydrogens is 160 g/mol. The van der Waals surface area contributed by atoms with Gasteiger partial charge in [-0.3, -0.25) is 4.98 Å². The van der Waals surface area contributed by atoms with Gasteiger partial charge in [0, 0.05) is 18.4 Å². The van der Waals surface area contributed by atoms with Gasteiger partial charge in [0.15, 0.2) is 0 Å². The van der Waals surface area contributed by atoms with E-state index in [4.69, 9.17) is 0 Å². The highest BCUT2D eigenvalue weighted by molar-refractivity contribution is 5.14. The second-order valence-electron chi connectivity index (χ2n) is 3.57. The second kappa shape index (κ2) is 4.97. The highest BCUT2D eigenvalue weighted by atomic mass is 14.9. The summed E-state index contributed by atoms with van der Waals surface area (Å²) >= 11 is 0. The molecular formula is C11H18N2. The van der Waals surface area contributed by atoms with Crippen LogP contribution in [0.2, 0.25) is 0 Å². The minimum absolute atomic E-state index is 0.429. The van der Waals surface area contributed by atoms with Crippen molar-refractivity contribution in [1.82, 2.24) is 10.3 Å². The fourth-order valence-electron chi connectivity index (χ4n) is 1.52. The quantitative estimate of drug-likeness (QED) is 0.765. The molecule has 0 saturated carbocycles. The molecule has 0 aliphatic heterocycles. The van der Waals surface area contributed by atoms with Gasteiger partial charge in [0.2, 0.25) is 0 Å². The fraction of sp³-hybridized carbons (Fsp3) is 0.545. The lowest BCUT2D eigenvalue weighted by molar-refractivity contribution is 0.421. The lowest BCUT2D eigenvalue weighted by Crippen LogP contribution is -2.25. The van der Waals surface area contributed by atoms with E-state index < -0.39 is 0 Å². The summed E-state index contributed by atoms with van der Waals surface area (Å²) in [7, 11) is 0. The topological polar surface area (TPSA) is 24.9 Å². The van der Waals surface area contributed by atoms with Crippen LogP contribution in [0.5, 0.6) is 0 Å². The summed E-state index contributed by atoms with van der Waals surface area (Å²) in [6.07, 6.45) is 3.75. The molecule has 1 rings (SSSR count). The summed E-state index contributed by atoms with van der Waals surface area (Å²) in [6.45, 7) is 7.57. The van der Waals surface area contributed by atoms with Crippen LogP contribution in [-0.4, -0.2) is 11.5 Å². The van der Waals surface area contributed by atoms with Gasteiger partial charge in [0.1, 0.15) is 0 Å². The van der Waals surface area contributed by atoms with Crippen LogP contribution < -0.4 is 5.32 Å². The predicted octanol–water partition coefficient (Wildman–Crippen LogP) is 2.39. The first-order chi connectivity index (χ1) is 6.25. The van der Waals surface area contributed by atoms with Gasteiger partial charge in [-0.15, -0.1) is 0 Å². The van der Waals surface area contributed by atoms with Gasteiger partial charge in [-0.2, -0.15) is 0 Å². The Bertz CT molecular complexity index is 231. The summed E-state index contributed by atoms with van der Waals surface area (Å²) in [5.74, 6) is 0.601. The second-order valence-corrected chi connectivity index (χ2v) is 3.57. The maximum absolute atomic E-state index is 4.13. The maximum Gasteiger partial charge on any atom is 0.0358 e. The maximum atomic E-state index is 4.13. The molecule has 0 aliphatic carbocycles. The molecule has 0 saturated heterocycles. The molecule has 1 aromatic heterocycles. The zero-order valence-electron chi connectivity index (χ0n) is 8.62. The number of pyridine rings is 1. The number of rotatable bonds is 4. The smallest absolute Gasteiger partial charge is 0.0358 e. The first-order valence-corrected chi connectivity index (χ1v) is 4.89. The van der Waals surface area contributed by atoms with Crippen LogP contribution in [0.3, 0.4) is 0 Å². The molecule has 0 fully saturated rings. The summed E-state index contributed by atoms with van der Waals surface area (Å²) in [4.78, 5) is 4.13. The van der Waals surface area contributed by atoms with Crippen molar-refractivity contribution < 1.29 is 0 Å². The van der Waals surface area contributed by atoms with Gasteiger partial charge in [-0.25, -0.2) is 0 Å². The molecule has 2 nitrogen and oxygen atoms in total. The van der Waals surface area contributed by atoms with Crippen molar-refractivity contribution in [3.05, 3.63) is 30.1 Å². The lowest BCUT2D eigenvalue weighted by atomic mass is 9.97. The van der Waals surface area contributed by atoms with Crippen molar-refractivity contribution in [3.63, 3.8) is 0 Å². The first kappa shape index (κ1) is 10.2. The predicted molar refractivity (Wildman–Crippen MR) is 55.5 cm³/mol. The standard InChI is InChI=1S/C11H18N2/c1-4-13-11(9(2)3)10-6-5-7-12-8-10/h5-9,11,13H,4H2,1-3H3. The molecule has 0 amide bonds. The van der Waals surface area contributed by atoms with E-state index in [1.165, 1.54) is 5.56 Å². The number of nitrogens with zero attached hydrogens (tertiary/aromatic N) is 1. The molecule has 1 unspecified atom stereocenters. The Labute approximate surface area is 80.4 Å². The largest absolute Gasteiger partial charge is 0.310 e. The third-order valence-electron chi connectivity index (χ3n) is 2.13. The third kappa shape index (κ3) is 2.81. The molecule has 0 spiro atoms. The minimum Gasteiger partial charge on any atom is -0.310 e. The molecule has 0 aromatic carbocycles. The van der Waals surface area contributed by atoms with E-state index >= 15 is 0 Å². The van der Waals surface area contributed by atoms with Gasteiger partial charge >= 0.3 is 0 Å². The SMILES string of the molecule is CCNC(c1cccnc1)C(C)C. The molecule has 2 heteroatoms. The molecule has 1 N–H and O–H groups in total. The van der Waals surface area contributed by atoms with E-state index in [0.717, 1.165) is 6.54 Å². The molecule has 0 radical (unpaired) electrons. The Kier molecular flexibility index (Phi) is 3.90. The fourth-order valence-corrected chi connectivity index (χ4v) is 1.52. The van der Waals surface area contributed by atoms with Gasteiger partial charge in [-0.1, -0.05) is 26.8 Å². The summed E-state index contributed by atoms with van der Waals surface area (Å²) in [5, 5.41) is 3.46. The van der Waals surface area contributed by atoms with Crippen LogP contribution in [0.25, 0.3) is 0 Å². The van der Waals surface area contributed by atoms with Gasteiger partial charge in [0.05, 0.1) is 0 Å². The van der Waals surface area contributed by atoms with Gasteiger partial charge in [-0.05, 0) is 24.1 Å². The van der Waals surface area contributed by atoms with E-state index in [-0.39, 0.29) is 0 Å². The van der Waals surface area contributed by atoms with Crippen LogP contribution in [0.4, 0.5) is 0 Å². The molecule has 0 aliphatic rings. The van der Waals surface area contributed by atoms with Crippen LogP contribution in [0, 0.1) is 5.92 Å².